The van der Waals surface area contributed by atoms with E-state index in [2.05, 4.69) is 5.32 Å². The molecule has 1 aromatic carbocycles. The number of fused-ring (bicyclic) bond motifs is 3. The van der Waals surface area contributed by atoms with Crippen LogP contribution in [0.3, 0.4) is 0 Å². The maximum Gasteiger partial charge on any atom is 0.410 e. The number of hydrogen-bond donors (Lipinski definition) is 1. The molecule has 1 saturated heterocycles. The highest BCUT2D eigenvalue weighted by Gasteiger charge is 2.47. The Labute approximate surface area is 241 Å². The average molecular weight is 574 g/mol. The molecule has 3 atom stereocenters. The van der Waals surface area contributed by atoms with Crippen molar-refractivity contribution in [3.63, 3.8) is 0 Å². The van der Waals surface area contributed by atoms with Crippen LogP contribution >= 0.6 is 0 Å². The van der Waals surface area contributed by atoms with Gasteiger partial charge in [-0.1, -0.05) is 58.6 Å². The molecule has 41 heavy (non-hydrogen) atoms. The second kappa shape index (κ2) is 13.4. The number of amides is 3. The Morgan fingerprint density at radius 1 is 0.976 bits per heavy atom. The number of rotatable bonds is 1. The van der Waals surface area contributed by atoms with E-state index in [0.29, 0.717) is 19.7 Å². The van der Waals surface area contributed by atoms with Crippen molar-refractivity contribution in [3.05, 3.63) is 29.3 Å². The third-order valence-corrected chi connectivity index (χ3v) is 7.89. The van der Waals surface area contributed by atoms with Crippen molar-refractivity contribution < 1.29 is 38.1 Å². The number of cyclic esters (lactones) is 1. The average Bonchev–Trinajstić information content (AvgIpc) is 3.56. The molecule has 4 rings (SSSR count). The van der Waals surface area contributed by atoms with Crippen LogP contribution in [-0.4, -0.2) is 78.9 Å². The van der Waals surface area contributed by atoms with Crippen molar-refractivity contribution in [3.8, 4) is 5.75 Å². The number of alkyl carbamates (subject to hydrolysis) is 1. The summed E-state index contributed by atoms with van der Waals surface area (Å²) in [6, 6.07) is 3.92. The van der Waals surface area contributed by atoms with Crippen molar-refractivity contribution in [2.45, 2.75) is 97.0 Å². The smallest absolute Gasteiger partial charge is 0.410 e. The number of ether oxygens (including phenoxy) is 4. The molecule has 0 spiro atoms. The monoisotopic (exact) mass is 573 g/mol. The summed E-state index contributed by atoms with van der Waals surface area (Å²) in [6.45, 7) is 7.08. The predicted molar refractivity (Wildman–Crippen MR) is 149 cm³/mol. The van der Waals surface area contributed by atoms with Crippen LogP contribution in [0.5, 0.6) is 5.75 Å². The molecule has 1 fully saturated rings. The number of esters is 1. The second-order valence-corrected chi connectivity index (χ2v) is 12.1. The van der Waals surface area contributed by atoms with E-state index in [9.17, 15) is 19.2 Å². The standard InChI is InChI=1S/C30H43N3O8/c1-30(2,3)25-26(34)33-18-21(16-23(33)27(35)38-4)41-29(37)32-17-20-12-11-13-24(22(20)19-32)39-14-9-7-5-6-8-10-15-40-28(36)31-25/h11-13,21,23,25H,5-10,14-19H2,1-4H3,(H,31,36)/t21-,23?,25-/m1/s1. The third-order valence-electron chi connectivity index (χ3n) is 7.89. The van der Waals surface area contributed by atoms with E-state index in [4.69, 9.17) is 18.9 Å². The van der Waals surface area contributed by atoms with E-state index < -0.39 is 47.7 Å². The van der Waals surface area contributed by atoms with Crippen LogP contribution in [0.4, 0.5) is 9.59 Å². The molecule has 3 aliphatic rings. The van der Waals surface area contributed by atoms with Gasteiger partial charge in [0, 0.05) is 18.5 Å². The number of carbonyl (C=O) groups is 4. The fraction of sp³-hybridized carbons (Fsp3) is 0.667. The van der Waals surface area contributed by atoms with E-state index in [1.807, 2.05) is 39.0 Å². The number of nitrogens with one attached hydrogen (secondary N) is 1. The summed E-state index contributed by atoms with van der Waals surface area (Å²) < 4.78 is 22.3. The Bertz CT molecular complexity index is 1120. The van der Waals surface area contributed by atoms with Gasteiger partial charge in [0.1, 0.15) is 23.9 Å². The predicted octanol–water partition coefficient (Wildman–Crippen LogP) is 4.16. The van der Waals surface area contributed by atoms with Crippen LogP contribution < -0.4 is 10.1 Å². The summed E-state index contributed by atoms with van der Waals surface area (Å²) in [5.74, 6) is -0.289. The Morgan fingerprint density at radius 3 is 2.34 bits per heavy atom. The molecule has 226 valence electrons. The van der Waals surface area contributed by atoms with E-state index in [1.54, 1.807) is 4.90 Å². The van der Waals surface area contributed by atoms with E-state index >= 15 is 0 Å². The molecule has 11 nitrogen and oxygen atoms in total. The van der Waals surface area contributed by atoms with Crippen LogP contribution in [-0.2, 0) is 36.9 Å². The summed E-state index contributed by atoms with van der Waals surface area (Å²) in [6.07, 6.45) is 3.88. The summed E-state index contributed by atoms with van der Waals surface area (Å²) in [5, 5.41) is 2.71. The minimum absolute atomic E-state index is 0.00277. The summed E-state index contributed by atoms with van der Waals surface area (Å²) in [5.41, 5.74) is 1.30. The van der Waals surface area contributed by atoms with Gasteiger partial charge in [0.2, 0.25) is 5.91 Å². The van der Waals surface area contributed by atoms with Gasteiger partial charge in [0.05, 0.1) is 33.4 Å². The van der Waals surface area contributed by atoms with Crippen LogP contribution in [0.25, 0.3) is 0 Å². The van der Waals surface area contributed by atoms with Crippen LogP contribution in [0.1, 0.15) is 76.8 Å². The summed E-state index contributed by atoms with van der Waals surface area (Å²) in [4.78, 5) is 55.3. The highest BCUT2D eigenvalue weighted by molar-refractivity contribution is 5.91. The lowest BCUT2D eigenvalue weighted by Gasteiger charge is -2.34. The van der Waals surface area contributed by atoms with Gasteiger partial charge in [-0.2, -0.15) is 0 Å². The fourth-order valence-corrected chi connectivity index (χ4v) is 5.59. The maximum atomic E-state index is 13.8. The third kappa shape index (κ3) is 7.62. The molecule has 3 aliphatic heterocycles. The SMILES string of the molecule is COC(=O)C1C[C@@H]2CN1C(=O)[C@H](C(C)(C)C)NC(=O)OCCCCCCCCOc1cccc3c1CN(C3)C(=O)O2. The highest BCUT2D eigenvalue weighted by Crippen LogP contribution is 2.33. The minimum atomic E-state index is -0.968. The maximum absolute atomic E-state index is 13.8. The molecular formula is C30H43N3O8. The van der Waals surface area contributed by atoms with Gasteiger partial charge in [0.15, 0.2) is 0 Å². The first-order valence-electron chi connectivity index (χ1n) is 14.6. The number of benzene rings is 1. The lowest BCUT2D eigenvalue weighted by molar-refractivity contribution is -0.152. The highest BCUT2D eigenvalue weighted by atomic mass is 16.6. The molecule has 0 aliphatic carbocycles. The van der Waals surface area contributed by atoms with Gasteiger partial charge in [-0.3, -0.25) is 9.69 Å². The first-order valence-corrected chi connectivity index (χ1v) is 14.6. The van der Waals surface area contributed by atoms with Crippen LogP contribution in [0.2, 0.25) is 0 Å². The normalized spacial score (nSPS) is 25.1. The number of hydrogen-bond acceptors (Lipinski definition) is 8. The molecule has 11 heteroatoms. The van der Waals surface area contributed by atoms with Gasteiger partial charge < -0.3 is 29.2 Å². The van der Waals surface area contributed by atoms with E-state index in [-0.39, 0.29) is 19.6 Å². The van der Waals surface area contributed by atoms with Crippen molar-refractivity contribution in [2.24, 2.45) is 5.41 Å². The number of nitrogens with zero attached hydrogens (tertiary/aromatic N) is 2. The molecular weight excluding hydrogens is 530 g/mol. The molecule has 3 heterocycles. The van der Waals surface area contributed by atoms with E-state index in [0.717, 1.165) is 55.4 Å². The Balaban J connectivity index is 1.54. The van der Waals surface area contributed by atoms with Crippen LogP contribution in [0.15, 0.2) is 18.2 Å². The second-order valence-electron chi connectivity index (χ2n) is 12.1. The lowest BCUT2D eigenvalue weighted by atomic mass is 9.85. The summed E-state index contributed by atoms with van der Waals surface area (Å²) >= 11 is 0. The number of methoxy groups -OCH3 is 1. The Hall–Kier alpha value is -3.50. The quantitative estimate of drug-likeness (QED) is 0.393. The first kappa shape index (κ1) is 30.5. The zero-order chi connectivity index (χ0) is 29.6. The minimum Gasteiger partial charge on any atom is -0.493 e. The van der Waals surface area contributed by atoms with Gasteiger partial charge in [-0.05, 0) is 29.9 Å². The van der Waals surface area contributed by atoms with Crippen molar-refractivity contribution in [2.75, 3.05) is 26.9 Å². The topological polar surface area (TPSA) is 124 Å². The molecule has 3 amide bonds. The van der Waals surface area contributed by atoms with Gasteiger partial charge in [-0.15, -0.1) is 0 Å². The van der Waals surface area contributed by atoms with E-state index in [1.165, 1.54) is 12.0 Å². The zero-order valence-electron chi connectivity index (χ0n) is 24.6. The molecule has 0 radical (unpaired) electrons. The summed E-state index contributed by atoms with van der Waals surface area (Å²) in [7, 11) is 1.25. The molecule has 4 bridgehead atoms. The molecule has 0 aromatic heterocycles. The van der Waals surface area contributed by atoms with Crippen molar-refractivity contribution in [1.82, 2.24) is 15.1 Å². The Morgan fingerprint density at radius 2 is 1.66 bits per heavy atom. The first-order chi connectivity index (χ1) is 19.6. The molecule has 1 N–H and O–H groups in total. The van der Waals surface area contributed by atoms with Gasteiger partial charge in [-0.25, -0.2) is 14.4 Å². The largest absolute Gasteiger partial charge is 0.493 e. The molecule has 1 unspecified atom stereocenters. The zero-order valence-corrected chi connectivity index (χ0v) is 24.6. The van der Waals surface area contributed by atoms with Gasteiger partial charge in [0.25, 0.3) is 0 Å². The van der Waals surface area contributed by atoms with Crippen molar-refractivity contribution in [1.29, 1.82) is 0 Å². The lowest BCUT2D eigenvalue weighted by Crippen LogP contribution is -2.57. The van der Waals surface area contributed by atoms with Crippen LogP contribution in [0, 0.1) is 5.41 Å². The van der Waals surface area contributed by atoms with Crippen molar-refractivity contribution >= 4 is 24.1 Å². The Kier molecular flexibility index (Phi) is 9.99. The fourth-order valence-electron chi connectivity index (χ4n) is 5.59. The molecule has 0 saturated carbocycles. The molecule has 1 aromatic rings. The van der Waals surface area contributed by atoms with Gasteiger partial charge >= 0.3 is 18.2 Å². The number of carbonyl (C=O) groups excluding carboxylic acids is 4.